The molecule has 1 fully saturated rings. The number of nitrogens with one attached hydrogen (secondary N) is 2. The van der Waals surface area contributed by atoms with Crippen LogP contribution in [0.5, 0.6) is 5.75 Å². The van der Waals surface area contributed by atoms with Gasteiger partial charge < -0.3 is 20.1 Å². The summed E-state index contributed by atoms with van der Waals surface area (Å²) in [5.74, 6) is 0.499. The molecule has 5 nitrogen and oxygen atoms in total. The average Bonchev–Trinajstić information content (AvgIpc) is 2.49. The Kier molecular flexibility index (Phi) is 6.57. The second-order valence-corrected chi connectivity index (χ2v) is 5.47. The Morgan fingerprint density at radius 3 is 3.05 bits per heavy atom. The topological polar surface area (TPSA) is 59.6 Å². The van der Waals surface area contributed by atoms with Crippen molar-refractivity contribution in [3.63, 3.8) is 0 Å². The molecule has 1 aromatic rings. The van der Waals surface area contributed by atoms with E-state index < -0.39 is 6.10 Å². The fourth-order valence-electron chi connectivity index (χ4n) is 1.91. The highest BCUT2D eigenvalue weighted by Crippen LogP contribution is 2.27. The quantitative estimate of drug-likeness (QED) is 0.781. The fourth-order valence-corrected chi connectivity index (χ4v) is 2.37. The summed E-state index contributed by atoms with van der Waals surface area (Å²) in [6.45, 7) is 2.91. The SMILES string of the molecule is O=C(NCCCOc1ccc(Cl)cc1Cl)C1CNCCO1. The van der Waals surface area contributed by atoms with Crippen LogP contribution in [0.4, 0.5) is 0 Å². The molecule has 1 aliphatic heterocycles. The Bertz CT molecular complexity index is 479. The van der Waals surface area contributed by atoms with Crippen molar-refractivity contribution >= 4 is 29.1 Å². The first-order valence-electron chi connectivity index (χ1n) is 6.84. The molecule has 7 heteroatoms. The summed E-state index contributed by atoms with van der Waals surface area (Å²) >= 11 is 11.8. The number of morpholine rings is 1. The van der Waals surface area contributed by atoms with Gasteiger partial charge in [-0.15, -0.1) is 0 Å². The van der Waals surface area contributed by atoms with Crippen molar-refractivity contribution in [3.05, 3.63) is 28.2 Å². The standard InChI is InChI=1S/C14H18Cl2N2O3/c15-10-2-3-12(11(16)8-10)20-6-1-4-18-14(19)13-9-17-5-7-21-13/h2-3,8,13,17H,1,4-7,9H2,(H,18,19). The number of benzene rings is 1. The molecule has 1 aromatic carbocycles. The van der Waals surface area contributed by atoms with Gasteiger partial charge in [0.15, 0.2) is 0 Å². The Hall–Kier alpha value is -1.01. The summed E-state index contributed by atoms with van der Waals surface area (Å²) in [5, 5.41) is 6.99. The molecule has 1 unspecified atom stereocenters. The molecule has 0 spiro atoms. The molecule has 0 aliphatic carbocycles. The van der Waals surface area contributed by atoms with Crippen LogP contribution in [0.2, 0.25) is 10.0 Å². The Labute approximate surface area is 133 Å². The molecule has 116 valence electrons. The lowest BCUT2D eigenvalue weighted by atomic mass is 10.3. The molecule has 0 aromatic heterocycles. The van der Waals surface area contributed by atoms with Crippen LogP contribution in [0.3, 0.4) is 0 Å². The van der Waals surface area contributed by atoms with Gasteiger partial charge >= 0.3 is 0 Å². The van der Waals surface area contributed by atoms with Gasteiger partial charge in [-0.3, -0.25) is 4.79 Å². The van der Waals surface area contributed by atoms with E-state index in [4.69, 9.17) is 32.7 Å². The lowest BCUT2D eigenvalue weighted by molar-refractivity contribution is -0.134. The molecule has 0 radical (unpaired) electrons. The summed E-state index contributed by atoms with van der Waals surface area (Å²) in [6.07, 6.45) is 0.288. The zero-order chi connectivity index (χ0) is 15.1. The minimum Gasteiger partial charge on any atom is -0.492 e. The molecular weight excluding hydrogens is 315 g/mol. The summed E-state index contributed by atoms with van der Waals surface area (Å²) in [4.78, 5) is 11.8. The van der Waals surface area contributed by atoms with Gasteiger partial charge in [0, 0.05) is 24.7 Å². The second-order valence-electron chi connectivity index (χ2n) is 4.63. The van der Waals surface area contributed by atoms with Gasteiger partial charge in [0.1, 0.15) is 11.9 Å². The number of carbonyl (C=O) groups is 1. The molecule has 0 saturated carbocycles. The third-order valence-corrected chi connectivity index (χ3v) is 3.52. The predicted molar refractivity (Wildman–Crippen MR) is 82.2 cm³/mol. The molecule has 1 heterocycles. The van der Waals surface area contributed by atoms with E-state index in [0.29, 0.717) is 48.5 Å². The van der Waals surface area contributed by atoms with E-state index in [9.17, 15) is 4.79 Å². The van der Waals surface area contributed by atoms with E-state index in [2.05, 4.69) is 10.6 Å². The van der Waals surface area contributed by atoms with Crippen LogP contribution in [0.25, 0.3) is 0 Å². The van der Waals surface area contributed by atoms with E-state index in [-0.39, 0.29) is 5.91 Å². The lowest BCUT2D eigenvalue weighted by Gasteiger charge is -2.22. The van der Waals surface area contributed by atoms with Crippen LogP contribution in [0, 0.1) is 0 Å². The van der Waals surface area contributed by atoms with Crippen molar-refractivity contribution in [1.29, 1.82) is 0 Å². The normalized spacial score (nSPS) is 18.3. The minimum absolute atomic E-state index is 0.0910. The second kappa shape index (κ2) is 8.44. The monoisotopic (exact) mass is 332 g/mol. The van der Waals surface area contributed by atoms with E-state index in [1.165, 1.54) is 0 Å². The molecule has 0 bridgehead atoms. The number of ether oxygens (including phenoxy) is 2. The maximum absolute atomic E-state index is 11.8. The number of rotatable bonds is 6. The van der Waals surface area contributed by atoms with Crippen LogP contribution in [-0.2, 0) is 9.53 Å². The molecular formula is C14H18Cl2N2O3. The number of carbonyl (C=O) groups excluding carboxylic acids is 1. The number of amides is 1. The minimum atomic E-state index is -0.398. The Morgan fingerprint density at radius 1 is 1.48 bits per heavy atom. The van der Waals surface area contributed by atoms with Crippen LogP contribution in [-0.4, -0.2) is 44.9 Å². The van der Waals surface area contributed by atoms with Gasteiger partial charge in [-0.1, -0.05) is 23.2 Å². The van der Waals surface area contributed by atoms with Crippen molar-refractivity contribution in [2.75, 3.05) is 32.8 Å². The zero-order valence-corrected chi connectivity index (χ0v) is 13.0. The summed E-state index contributed by atoms with van der Waals surface area (Å²) in [5.41, 5.74) is 0. The smallest absolute Gasteiger partial charge is 0.250 e. The van der Waals surface area contributed by atoms with E-state index in [0.717, 1.165) is 6.54 Å². The van der Waals surface area contributed by atoms with Gasteiger partial charge in [-0.25, -0.2) is 0 Å². The molecule has 1 saturated heterocycles. The van der Waals surface area contributed by atoms with Crippen LogP contribution < -0.4 is 15.4 Å². The van der Waals surface area contributed by atoms with E-state index in [1.807, 2.05) is 0 Å². The average molecular weight is 333 g/mol. The molecule has 1 aliphatic rings. The third-order valence-electron chi connectivity index (χ3n) is 2.99. The number of halogens is 2. The van der Waals surface area contributed by atoms with Gasteiger partial charge in [0.25, 0.3) is 0 Å². The summed E-state index contributed by atoms with van der Waals surface area (Å²) in [6, 6.07) is 5.08. The van der Waals surface area contributed by atoms with Gasteiger partial charge in [-0.05, 0) is 24.6 Å². The van der Waals surface area contributed by atoms with Crippen molar-refractivity contribution in [2.24, 2.45) is 0 Å². The van der Waals surface area contributed by atoms with Gasteiger partial charge in [0.2, 0.25) is 5.91 Å². The highest BCUT2D eigenvalue weighted by molar-refractivity contribution is 6.35. The third kappa shape index (κ3) is 5.36. The Morgan fingerprint density at radius 2 is 2.33 bits per heavy atom. The number of hydrogen-bond acceptors (Lipinski definition) is 4. The lowest BCUT2D eigenvalue weighted by Crippen LogP contribution is -2.48. The van der Waals surface area contributed by atoms with Crippen molar-refractivity contribution in [1.82, 2.24) is 10.6 Å². The maximum Gasteiger partial charge on any atom is 0.250 e. The molecule has 21 heavy (non-hydrogen) atoms. The largest absolute Gasteiger partial charge is 0.492 e. The van der Waals surface area contributed by atoms with Crippen molar-refractivity contribution < 1.29 is 14.3 Å². The maximum atomic E-state index is 11.8. The van der Waals surface area contributed by atoms with Crippen molar-refractivity contribution in [3.8, 4) is 5.75 Å². The van der Waals surface area contributed by atoms with Gasteiger partial charge in [-0.2, -0.15) is 0 Å². The van der Waals surface area contributed by atoms with E-state index in [1.54, 1.807) is 18.2 Å². The van der Waals surface area contributed by atoms with Gasteiger partial charge in [0.05, 0.1) is 18.2 Å². The van der Waals surface area contributed by atoms with E-state index >= 15 is 0 Å². The molecule has 1 amide bonds. The summed E-state index contributed by atoms with van der Waals surface area (Å²) in [7, 11) is 0. The number of hydrogen-bond donors (Lipinski definition) is 2. The van der Waals surface area contributed by atoms with Crippen LogP contribution >= 0.6 is 23.2 Å². The predicted octanol–water partition coefficient (Wildman–Crippen LogP) is 1.87. The Balaban J connectivity index is 1.62. The molecule has 1 atom stereocenters. The zero-order valence-electron chi connectivity index (χ0n) is 11.5. The van der Waals surface area contributed by atoms with Crippen molar-refractivity contribution in [2.45, 2.75) is 12.5 Å². The highest BCUT2D eigenvalue weighted by atomic mass is 35.5. The first-order valence-corrected chi connectivity index (χ1v) is 7.60. The van der Waals surface area contributed by atoms with Crippen LogP contribution in [0.15, 0.2) is 18.2 Å². The fraction of sp³-hybridized carbons (Fsp3) is 0.500. The molecule has 2 N–H and O–H groups in total. The van der Waals surface area contributed by atoms with Crippen LogP contribution in [0.1, 0.15) is 6.42 Å². The first-order chi connectivity index (χ1) is 10.2. The highest BCUT2D eigenvalue weighted by Gasteiger charge is 2.20. The molecule has 2 rings (SSSR count). The first kappa shape index (κ1) is 16.4. The summed E-state index contributed by atoms with van der Waals surface area (Å²) < 4.78 is 10.9.